The molecule has 200 valence electrons. The minimum absolute atomic E-state index is 0.942. The van der Waals surface area contributed by atoms with Gasteiger partial charge in [0.1, 0.15) is 5.65 Å². The van der Waals surface area contributed by atoms with E-state index in [1.54, 1.807) is 0 Å². The molecule has 0 bridgehead atoms. The van der Waals surface area contributed by atoms with Gasteiger partial charge in [-0.2, -0.15) is 0 Å². The minimum atomic E-state index is 0.942. The lowest BCUT2D eigenvalue weighted by molar-refractivity contribution is 1.18. The fourth-order valence-corrected chi connectivity index (χ4v) is 7.34. The van der Waals surface area contributed by atoms with Crippen molar-refractivity contribution in [2.75, 3.05) is 0 Å². The van der Waals surface area contributed by atoms with Gasteiger partial charge in [-0.3, -0.25) is 9.38 Å². The maximum absolute atomic E-state index is 5.03. The number of hydrogen-bond acceptors (Lipinski definition) is 2. The molecule has 0 saturated heterocycles. The topological polar surface area (TPSA) is 40.1 Å². The summed E-state index contributed by atoms with van der Waals surface area (Å²) in [6.07, 6.45) is 7.87. The van der Waals surface area contributed by atoms with Crippen molar-refractivity contribution in [2.24, 2.45) is 0 Å². The number of benzene rings is 5. The molecule has 0 aliphatic heterocycles. The summed E-state index contributed by atoms with van der Waals surface area (Å²) in [5.41, 5.74) is 8.97. The Morgan fingerprint density at radius 3 is 1.70 bits per heavy atom. The highest BCUT2D eigenvalue weighted by Crippen LogP contribution is 2.49. The Bertz CT molecular complexity index is 2710. The van der Waals surface area contributed by atoms with Gasteiger partial charge in [0.25, 0.3) is 0 Å². The van der Waals surface area contributed by atoms with Crippen LogP contribution in [-0.4, -0.2) is 23.5 Å². The molecule has 5 heteroatoms. The molecule has 0 N–H and O–H groups in total. The van der Waals surface area contributed by atoms with Crippen molar-refractivity contribution >= 4 is 70.9 Å². The van der Waals surface area contributed by atoms with Crippen LogP contribution >= 0.6 is 0 Å². The minimum Gasteiger partial charge on any atom is -0.309 e. The van der Waals surface area contributed by atoms with Crippen LogP contribution < -0.4 is 0 Å². The molecule has 10 rings (SSSR count). The fourth-order valence-electron chi connectivity index (χ4n) is 7.34. The molecule has 10 aromatic rings. The summed E-state index contributed by atoms with van der Waals surface area (Å²) in [6, 6.07) is 41.1. The number of fused-ring (bicyclic) bond motifs is 15. The zero-order valence-corrected chi connectivity index (χ0v) is 23.0. The molecular weight excluding hydrogens is 526 g/mol. The number of rotatable bonds is 2. The van der Waals surface area contributed by atoms with Crippen LogP contribution in [0.2, 0.25) is 0 Å². The summed E-state index contributed by atoms with van der Waals surface area (Å²) >= 11 is 0. The van der Waals surface area contributed by atoms with Gasteiger partial charge in [-0.1, -0.05) is 72.8 Å². The monoisotopic (exact) mass is 549 g/mol. The second kappa shape index (κ2) is 8.30. The first-order valence-electron chi connectivity index (χ1n) is 14.5. The van der Waals surface area contributed by atoms with Crippen molar-refractivity contribution in [1.82, 2.24) is 23.5 Å². The van der Waals surface area contributed by atoms with Gasteiger partial charge in [0.05, 0.1) is 33.0 Å². The van der Waals surface area contributed by atoms with Crippen LogP contribution in [0, 0.1) is 0 Å². The van der Waals surface area contributed by atoms with Gasteiger partial charge in [-0.25, -0.2) is 4.98 Å². The van der Waals surface area contributed by atoms with Gasteiger partial charge in [0.15, 0.2) is 0 Å². The molecule has 0 unspecified atom stereocenters. The summed E-state index contributed by atoms with van der Waals surface area (Å²) in [7, 11) is 0. The Labute approximate surface area is 245 Å². The number of imidazole rings is 1. The number of nitrogens with zero attached hydrogens (tertiary/aromatic N) is 5. The average molecular weight is 550 g/mol. The second-order valence-electron chi connectivity index (χ2n) is 11.1. The summed E-state index contributed by atoms with van der Waals surface area (Å²) in [5.74, 6) is 0. The highest BCUT2D eigenvalue weighted by Gasteiger charge is 2.27. The van der Waals surface area contributed by atoms with Crippen molar-refractivity contribution in [3.63, 3.8) is 0 Å². The molecule has 43 heavy (non-hydrogen) atoms. The van der Waals surface area contributed by atoms with E-state index in [1.165, 1.54) is 43.5 Å². The zero-order valence-electron chi connectivity index (χ0n) is 23.0. The molecule has 5 heterocycles. The van der Waals surface area contributed by atoms with Gasteiger partial charge in [0, 0.05) is 68.5 Å². The van der Waals surface area contributed by atoms with Crippen LogP contribution in [0.1, 0.15) is 0 Å². The van der Waals surface area contributed by atoms with E-state index < -0.39 is 0 Å². The molecule has 0 aliphatic rings. The van der Waals surface area contributed by atoms with Gasteiger partial charge in [-0.15, -0.1) is 0 Å². The molecule has 0 spiro atoms. The van der Waals surface area contributed by atoms with Gasteiger partial charge >= 0.3 is 0 Å². The van der Waals surface area contributed by atoms with E-state index in [-0.39, 0.29) is 0 Å². The van der Waals surface area contributed by atoms with Crippen LogP contribution in [0.15, 0.2) is 140 Å². The normalized spacial score (nSPS) is 12.2. The maximum Gasteiger partial charge on any atom is 0.147 e. The van der Waals surface area contributed by atoms with E-state index in [2.05, 4.69) is 140 Å². The Morgan fingerprint density at radius 2 is 1.02 bits per heavy atom. The first-order valence-corrected chi connectivity index (χ1v) is 14.5. The van der Waals surface area contributed by atoms with Crippen LogP contribution in [0.5, 0.6) is 0 Å². The SMILES string of the molecule is c1ccc(-n2c3ccccc3c3c4c5cnccc5n5ccnc5c4c4c(c5ccccc5n4-c4ccccc4)c32)cc1. The Balaban J connectivity index is 1.66. The lowest BCUT2D eigenvalue weighted by Crippen LogP contribution is -1.99. The van der Waals surface area contributed by atoms with E-state index in [9.17, 15) is 0 Å². The van der Waals surface area contributed by atoms with Gasteiger partial charge in [-0.05, 0) is 42.5 Å². The van der Waals surface area contributed by atoms with Gasteiger partial charge in [0.2, 0.25) is 0 Å². The zero-order chi connectivity index (χ0) is 28.1. The van der Waals surface area contributed by atoms with Crippen molar-refractivity contribution in [3.8, 4) is 11.4 Å². The smallest absolute Gasteiger partial charge is 0.147 e. The van der Waals surface area contributed by atoms with E-state index in [0.29, 0.717) is 0 Å². The number of para-hydroxylation sites is 4. The first kappa shape index (κ1) is 22.7. The fraction of sp³-hybridized carbons (Fsp3) is 0. The average Bonchev–Trinajstić information content (AvgIpc) is 3.78. The predicted molar refractivity (Wildman–Crippen MR) is 177 cm³/mol. The predicted octanol–water partition coefficient (Wildman–Crippen LogP) is 9.23. The van der Waals surface area contributed by atoms with Crippen molar-refractivity contribution in [1.29, 1.82) is 0 Å². The Hall–Kier alpha value is -5.94. The molecule has 0 fully saturated rings. The molecule has 0 aliphatic carbocycles. The van der Waals surface area contributed by atoms with Gasteiger partial charge < -0.3 is 9.13 Å². The number of pyridine rings is 2. The van der Waals surface area contributed by atoms with E-state index in [4.69, 9.17) is 4.98 Å². The Morgan fingerprint density at radius 1 is 0.442 bits per heavy atom. The number of hydrogen-bond donors (Lipinski definition) is 0. The third kappa shape index (κ3) is 2.85. The molecule has 5 nitrogen and oxygen atoms in total. The number of aromatic nitrogens is 5. The molecule has 0 atom stereocenters. The van der Waals surface area contributed by atoms with Crippen LogP contribution in [0.4, 0.5) is 0 Å². The summed E-state index contributed by atoms with van der Waals surface area (Å²) < 4.78 is 7.09. The van der Waals surface area contributed by atoms with Crippen LogP contribution in [0.3, 0.4) is 0 Å². The molecule has 5 aromatic carbocycles. The third-order valence-corrected chi connectivity index (χ3v) is 8.94. The first-order chi connectivity index (χ1) is 21.4. The molecule has 5 aromatic heterocycles. The lowest BCUT2D eigenvalue weighted by Gasteiger charge is -2.15. The van der Waals surface area contributed by atoms with Crippen molar-refractivity contribution in [2.45, 2.75) is 0 Å². The lowest BCUT2D eigenvalue weighted by atomic mass is 9.97. The van der Waals surface area contributed by atoms with E-state index >= 15 is 0 Å². The molecule has 0 amide bonds. The highest BCUT2D eigenvalue weighted by atomic mass is 15.0. The van der Waals surface area contributed by atoms with E-state index in [1.807, 2.05) is 18.6 Å². The third-order valence-electron chi connectivity index (χ3n) is 8.94. The maximum atomic E-state index is 5.03. The standard InChI is InChI=1S/C38H23N5/c1-3-11-24(12-4-1)42-30-17-9-7-15-26(30)33-32-28-23-39-20-19-29(28)41-22-21-40-38(41)35(32)37-34(36(33)42)27-16-8-10-18-31(27)43(37)25-13-5-2-6-14-25/h1-23H. The second-order valence-corrected chi connectivity index (χ2v) is 11.1. The molecule has 0 radical (unpaired) electrons. The molecular formula is C38H23N5. The molecule has 0 saturated carbocycles. The quantitative estimate of drug-likeness (QED) is 0.202. The van der Waals surface area contributed by atoms with Crippen molar-refractivity contribution < 1.29 is 0 Å². The summed E-state index contributed by atoms with van der Waals surface area (Å²) in [6.45, 7) is 0. The highest BCUT2D eigenvalue weighted by molar-refractivity contribution is 6.41. The van der Waals surface area contributed by atoms with E-state index in [0.717, 1.165) is 38.8 Å². The van der Waals surface area contributed by atoms with Crippen molar-refractivity contribution in [3.05, 3.63) is 140 Å². The van der Waals surface area contributed by atoms with Crippen LogP contribution in [-0.2, 0) is 0 Å². The Kier molecular flexibility index (Phi) is 4.39. The van der Waals surface area contributed by atoms with Crippen LogP contribution in [0.25, 0.3) is 82.3 Å². The summed E-state index contributed by atoms with van der Waals surface area (Å²) in [5, 5.41) is 8.28. The summed E-state index contributed by atoms with van der Waals surface area (Å²) in [4.78, 5) is 9.69. The largest absolute Gasteiger partial charge is 0.309 e.